The summed E-state index contributed by atoms with van der Waals surface area (Å²) in [6.07, 6.45) is 0. The molecule has 1 amide bonds. The van der Waals surface area contributed by atoms with Crippen molar-refractivity contribution in [1.29, 1.82) is 0 Å². The highest BCUT2D eigenvalue weighted by Gasteiger charge is 2.11. The summed E-state index contributed by atoms with van der Waals surface area (Å²) in [5.41, 5.74) is 1.01. The molecule has 1 heterocycles. The van der Waals surface area contributed by atoms with E-state index in [-0.39, 0.29) is 12.5 Å². The molecule has 1 aromatic heterocycles. The van der Waals surface area contributed by atoms with Crippen LogP contribution in [-0.2, 0) is 0 Å². The van der Waals surface area contributed by atoms with E-state index >= 15 is 0 Å². The lowest BCUT2D eigenvalue weighted by Crippen LogP contribution is -2.13. The molecule has 0 aliphatic heterocycles. The first-order valence-corrected chi connectivity index (χ1v) is 6.28. The van der Waals surface area contributed by atoms with Gasteiger partial charge >= 0.3 is 0 Å². The number of hydrogen-bond donors (Lipinski definition) is 2. The number of anilines is 1. The van der Waals surface area contributed by atoms with Crippen LogP contribution >= 0.6 is 11.5 Å². The lowest BCUT2D eigenvalue weighted by molar-refractivity contribution is 0.102. The van der Waals surface area contributed by atoms with E-state index < -0.39 is 0 Å². The Bertz CT molecular complexity index is 655. The molecule has 2 aromatic rings. The van der Waals surface area contributed by atoms with Crippen molar-refractivity contribution in [2.45, 2.75) is 6.92 Å². The van der Waals surface area contributed by atoms with Crippen LogP contribution in [0.5, 0.6) is 0 Å². The Morgan fingerprint density at radius 3 is 2.95 bits per heavy atom. The predicted octanol–water partition coefficient (Wildman–Crippen LogP) is 1.44. The summed E-state index contributed by atoms with van der Waals surface area (Å²) in [6.45, 7) is 1.51. The van der Waals surface area contributed by atoms with Crippen LogP contribution in [0.3, 0.4) is 0 Å². The zero-order valence-corrected chi connectivity index (χ0v) is 11.0. The Kier molecular flexibility index (Phi) is 4.23. The van der Waals surface area contributed by atoms with E-state index in [1.807, 2.05) is 0 Å². The fourth-order valence-electron chi connectivity index (χ4n) is 1.44. The van der Waals surface area contributed by atoms with Gasteiger partial charge in [-0.05, 0) is 19.1 Å². The fraction of sp³-hybridized carbons (Fsp3) is 0.154. The lowest BCUT2D eigenvalue weighted by Gasteiger charge is -2.03. The van der Waals surface area contributed by atoms with E-state index in [2.05, 4.69) is 26.5 Å². The van der Waals surface area contributed by atoms with E-state index in [0.29, 0.717) is 22.1 Å². The summed E-state index contributed by atoms with van der Waals surface area (Å²) in [7, 11) is 0. The van der Waals surface area contributed by atoms with Crippen LogP contribution < -0.4 is 5.32 Å². The normalized spacial score (nSPS) is 9.58. The van der Waals surface area contributed by atoms with E-state index in [4.69, 9.17) is 5.11 Å². The Labute approximate surface area is 114 Å². The van der Waals surface area contributed by atoms with Crippen molar-refractivity contribution in [3.8, 4) is 11.8 Å². The molecule has 19 heavy (non-hydrogen) atoms. The Morgan fingerprint density at radius 1 is 1.47 bits per heavy atom. The van der Waals surface area contributed by atoms with Gasteiger partial charge in [-0.25, -0.2) is 4.98 Å². The average molecular weight is 273 g/mol. The standard InChI is InChI=1S/C13H11N3O2S/c1-9-14-13(19-16-9)15-12(18)11-7-3-2-5-10(11)6-4-8-17/h2-3,5,7,17H,8H2,1H3,(H,14,15,16,18). The minimum absolute atomic E-state index is 0.244. The van der Waals surface area contributed by atoms with Gasteiger partial charge in [-0.1, -0.05) is 24.0 Å². The molecule has 0 bridgehead atoms. The Morgan fingerprint density at radius 2 is 2.26 bits per heavy atom. The highest BCUT2D eigenvalue weighted by Crippen LogP contribution is 2.14. The molecule has 0 aliphatic carbocycles. The first kappa shape index (κ1) is 13.2. The smallest absolute Gasteiger partial charge is 0.258 e. The van der Waals surface area contributed by atoms with Crippen molar-refractivity contribution in [3.63, 3.8) is 0 Å². The molecular formula is C13H11N3O2S. The highest BCUT2D eigenvalue weighted by atomic mass is 32.1. The van der Waals surface area contributed by atoms with E-state index in [1.54, 1.807) is 31.2 Å². The number of carbonyl (C=O) groups is 1. The zero-order chi connectivity index (χ0) is 13.7. The van der Waals surface area contributed by atoms with Gasteiger partial charge in [0.05, 0.1) is 5.56 Å². The van der Waals surface area contributed by atoms with E-state index in [0.717, 1.165) is 11.5 Å². The Balaban J connectivity index is 2.23. The van der Waals surface area contributed by atoms with Crippen molar-refractivity contribution in [3.05, 3.63) is 41.2 Å². The SMILES string of the molecule is Cc1nsc(NC(=O)c2ccccc2C#CCO)n1. The summed E-state index contributed by atoms with van der Waals surface area (Å²) < 4.78 is 3.99. The summed E-state index contributed by atoms with van der Waals surface area (Å²) in [5.74, 6) is 5.60. The van der Waals surface area contributed by atoms with Crippen LogP contribution in [0.15, 0.2) is 24.3 Å². The molecule has 0 fully saturated rings. The molecule has 0 unspecified atom stereocenters. The molecule has 0 aliphatic rings. The minimum Gasteiger partial charge on any atom is -0.384 e. The van der Waals surface area contributed by atoms with Crippen molar-refractivity contribution in [1.82, 2.24) is 9.36 Å². The van der Waals surface area contributed by atoms with Crippen LogP contribution in [0.25, 0.3) is 0 Å². The summed E-state index contributed by atoms with van der Waals surface area (Å²) in [6, 6.07) is 6.94. The highest BCUT2D eigenvalue weighted by molar-refractivity contribution is 7.09. The number of aliphatic hydroxyl groups is 1. The van der Waals surface area contributed by atoms with Crippen LogP contribution in [0.4, 0.5) is 5.13 Å². The number of amides is 1. The summed E-state index contributed by atoms with van der Waals surface area (Å²) in [4.78, 5) is 16.2. The predicted molar refractivity (Wildman–Crippen MR) is 73.0 cm³/mol. The summed E-state index contributed by atoms with van der Waals surface area (Å²) >= 11 is 1.13. The zero-order valence-electron chi connectivity index (χ0n) is 10.2. The third-order valence-electron chi connectivity index (χ3n) is 2.22. The molecule has 6 heteroatoms. The van der Waals surface area contributed by atoms with Gasteiger partial charge in [0.25, 0.3) is 5.91 Å². The second-order valence-electron chi connectivity index (χ2n) is 3.61. The third kappa shape index (κ3) is 3.37. The maximum absolute atomic E-state index is 12.1. The number of carbonyl (C=O) groups excluding carboxylic acids is 1. The van der Waals surface area contributed by atoms with Gasteiger partial charge in [0.1, 0.15) is 12.4 Å². The van der Waals surface area contributed by atoms with E-state index in [1.165, 1.54) is 0 Å². The van der Waals surface area contributed by atoms with Gasteiger partial charge in [-0.15, -0.1) is 0 Å². The van der Waals surface area contributed by atoms with Crippen LogP contribution in [-0.4, -0.2) is 27.0 Å². The number of hydrogen-bond acceptors (Lipinski definition) is 5. The maximum Gasteiger partial charge on any atom is 0.258 e. The van der Waals surface area contributed by atoms with Crippen LogP contribution in [0.1, 0.15) is 21.7 Å². The third-order valence-corrected chi connectivity index (χ3v) is 2.94. The molecule has 5 nitrogen and oxygen atoms in total. The van der Waals surface area contributed by atoms with Gasteiger partial charge in [-0.2, -0.15) is 4.37 Å². The first-order valence-electron chi connectivity index (χ1n) is 5.51. The topological polar surface area (TPSA) is 75.1 Å². The van der Waals surface area contributed by atoms with Gasteiger partial charge in [0.15, 0.2) is 0 Å². The first-order chi connectivity index (χ1) is 9.20. The number of rotatable bonds is 2. The average Bonchev–Trinajstić information content (AvgIpc) is 2.82. The van der Waals surface area contributed by atoms with Gasteiger partial charge in [0.2, 0.25) is 5.13 Å². The van der Waals surface area contributed by atoms with Crippen LogP contribution in [0.2, 0.25) is 0 Å². The second-order valence-corrected chi connectivity index (χ2v) is 4.36. The molecule has 2 rings (SSSR count). The van der Waals surface area contributed by atoms with Crippen molar-refractivity contribution >= 4 is 22.6 Å². The van der Waals surface area contributed by atoms with Gasteiger partial charge in [0, 0.05) is 17.1 Å². The lowest BCUT2D eigenvalue weighted by atomic mass is 10.1. The van der Waals surface area contributed by atoms with Gasteiger partial charge in [-0.3, -0.25) is 10.1 Å². The molecule has 0 saturated heterocycles. The number of nitrogens with one attached hydrogen (secondary N) is 1. The number of nitrogens with zero attached hydrogens (tertiary/aromatic N) is 2. The van der Waals surface area contributed by atoms with Gasteiger partial charge < -0.3 is 5.11 Å². The second kappa shape index (κ2) is 6.09. The number of aryl methyl sites for hydroxylation is 1. The quantitative estimate of drug-likeness (QED) is 0.812. The monoisotopic (exact) mass is 273 g/mol. The number of benzene rings is 1. The van der Waals surface area contributed by atoms with Crippen LogP contribution in [0, 0.1) is 18.8 Å². The number of aromatic nitrogens is 2. The largest absolute Gasteiger partial charge is 0.384 e. The molecular weight excluding hydrogens is 262 g/mol. The molecule has 2 N–H and O–H groups in total. The molecule has 0 saturated carbocycles. The molecule has 1 aromatic carbocycles. The molecule has 0 radical (unpaired) electrons. The molecule has 96 valence electrons. The molecule has 0 spiro atoms. The van der Waals surface area contributed by atoms with Crippen molar-refractivity contribution in [2.24, 2.45) is 0 Å². The number of aliphatic hydroxyl groups excluding tert-OH is 1. The Hall–Kier alpha value is -2.23. The minimum atomic E-state index is -0.293. The van der Waals surface area contributed by atoms with Crippen molar-refractivity contribution in [2.75, 3.05) is 11.9 Å². The van der Waals surface area contributed by atoms with E-state index in [9.17, 15) is 4.79 Å². The fourth-order valence-corrected chi connectivity index (χ4v) is 2.01. The summed E-state index contributed by atoms with van der Waals surface area (Å²) in [5, 5.41) is 11.8. The van der Waals surface area contributed by atoms with Crippen molar-refractivity contribution < 1.29 is 9.90 Å². The maximum atomic E-state index is 12.1. The molecule has 0 atom stereocenters.